The topological polar surface area (TPSA) is 79.2 Å². The van der Waals surface area contributed by atoms with E-state index in [1.54, 1.807) is 11.8 Å². The Hall–Kier alpha value is -2.50. The van der Waals surface area contributed by atoms with Crippen LogP contribution in [0.15, 0.2) is 24.3 Å². The van der Waals surface area contributed by atoms with Gasteiger partial charge in [0.1, 0.15) is 0 Å². The summed E-state index contributed by atoms with van der Waals surface area (Å²) in [6, 6.07) is 7.22. The molecule has 0 saturated carbocycles. The maximum Gasteiger partial charge on any atom is 0.354 e. The first-order chi connectivity index (χ1) is 9.45. The van der Waals surface area contributed by atoms with Crippen LogP contribution >= 0.6 is 0 Å². The van der Waals surface area contributed by atoms with Gasteiger partial charge in [-0.15, -0.1) is 0 Å². The van der Waals surface area contributed by atoms with Crippen LogP contribution in [-0.2, 0) is 6.54 Å². The second-order valence-corrected chi connectivity index (χ2v) is 4.63. The number of aromatic carboxylic acids is 1. The molecule has 0 bridgehead atoms. The molecule has 104 valence electrons. The van der Waals surface area contributed by atoms with E-state index in [9.17, 15) is 4.79 Å². The van der Waals surface area contributed by atoms with E-state index in [0.717, 1.165) is 11.4 Å². The van der Waals surface area contributed by atoms with Gasteiger partial charge in [-0.3, -0.25) is 4.98 Å². The van der Waals surface area contributed by atoms with E-state index in [1.807, 2.05) is 32.2 Å². The van der Waals surface area contributed by atoms with Gasteiger partial charge < -0.3 is 10.0 Å². The van der Waals surface area contributed by atoms with E-state index in [0.29, 0.717) is 18.2 Å². The van der Waals surface area contributed by atoms with Crippen molar-refractivity contribution in [2.75, 3.05) is 11.9 Å². The highest BCUT2D eigenvalue weighted by Gasteiger charge is 2.12. The largest absolute Gasteiger partial charge is 0.477 e. The zero-order valence-corrected chi connectivity index (χ0v) is 11.7. The van der Waals surface area contributed by atoms with E-state index in [-0.39, 0.29) is 5.69 Å². The molecule has 2 heterocycles. The molecule has 0 unspecified atom stereocenters. The van der Waals surface area contributed by atoms with Crippen LogP contribution in [0.1, 0.15) is 27.6 Å². The Bertz CT molecular complexity index is 643. The van der Waals surface area contributed by atoms with Crippen molar-refractivity contribution >= 4 is 11.9 Å². The van der Waals surface area contributed by atoms with Crippen LogP contribution < -0.4 is 4.90 Å². The monoisotopic (exact) mass is 272 g/mol. The molecule has 0 amide bonds. The van der Waals surface area contributed by atoms with Crippen LogP contribution in [0.2, 0.25) is 0 Å². The quantitative estimate of drug-likeness (QED) is 0.914. The van der Waals surface area contributed by atoms with Gasteiger partial charge in [0.15, 0.2) is 5.69 Å². The van der Waals surface area contributed by atoms with Crippen molar-refractivity contribution in [3.05, 3.63) is 47.0 Å². The Balaban J connectivity index is 2.25. The van der Waals surface area contributed by atoms with Crippen LogP contribution in [0.4, 0.5) is 5.95 Å². The number of hydrogen-bond donors (Lipinski definition) is 1. The first-order valence-electron chi connectivity index (χ1n) is 6.18. The molecule has 0 aliphatic heterocycles. The molecule has 0 spiro atoms. The fraction of sp³-hybridized carbons (Fsp3) is 0.286. The summed E-state index contributed by atoms with van der Waals surface area (Å²) in [5.41, 5.74) is 2.44. The fourth-order valence-corrected chi connectivity index (χ4v) is 1.83. The molecule has 2 aromatic rings. The van der Waals surface area contributed by atoms with Crippen molar-refractivity contribution in [3.8, 4) is 0 Å². The minimum absolute atomic E-state index is 0.00319. The number of rotatable bonds is 4. The summed E-state index contributed by atoms with van der Waals surface area (Å²) < 4.78 is 0. The highest BCUT2D eigenvalue weighted by molar-refractivity contribution is 5.85. The molecule has 20 heavy (non-hydrogen) atoms. The normalized spacial score (nSPS) is 10.3. The molecular weight excluding hydrogens is 256 g/mol. The number of carbonyl (C=O) groups is 1. The number of carboxylic acid groups (broad SMARTS) is 1. The van der Waals surface area contributed by atoms with Crippen LogP contribution in [0.3, 0.4) is 0 Å². The van der Waals surface area contributed by atoms with Gasteiger partial charge in [0.25, 0.3) is 0 Å². The molecule has 0 saturated heterocycles. The lowest BCUT2D eigenvalue weighted by Gasteiger charge is -2.17. The third kappa shape index (κ3) is 3.28. The molecule has 2 aromatic heterocycles. The third-order valence-electron chi connectivity index (χ3n) is 2.75. The number of aryl methyl sites for hydroxylation is 2. The van der Waals surface area contributed by atoms with E-state index < -0.39 is 5.97 Å². The standard InChI is InChI=1S/C14H16N4O2/c1-9-5-4-6-11(15-9)8-18(3)14-16-10(2)7-12(17-14)13(19)20/h4-7H,8H2,1-3H3,(H,19,20). The lowest BCUT2D eigenvalue weighted by Crippen LogP contribution is -2.21. The average molecular weight is 272 g/mol. The summed E-state index contributed by atoms with van der Waals surface area (Å²) in [7, 11) is 1.81. The summed E-state index contributed by atoms with van der Waals surface area (Å²) in [4.78, 5) is 25.5. The molecule has 0 aromatic carbocycles. The number of pyridine rings is 1. The number of carboxylic acids is 1. The van der Waals surface area contributed by atoms with Gasteiger partial charge in [0.05, 0.1) is 12.2 Å². The molecule has 6 heteroatoms. The van der Waals surface area contributed by atoms with Gasteiger partial charge in [0, 0.05) is 18.4 Å². The lowest BCUT2D eigenvalue weighted by molar-refractivity contribution is 0.0690. The van der Waals surface area contributed by atoms with Crippen molar-refractivity contribution in [2.45, 2.75) is 20.4 Å². The van der Waals surface area contributed by atoms with E-state index in [4.69, 9.17) is 5.11 Å². The predicted molar refractivity (Wildman–Crippen MR) is 74.8 cm³/mol. The van der Waals surface area contributed by atoms with Crippen LogP contribution in [0.25, 0.3) is 0 Å². The Morgan fingerprint density at radius 1 is 1.20 bits per heavy atom. The summed E-state index contributed by atoms with van der Waals surface area (Å²) in [5.74, 6) is -0.676. The Morgan fingerprint density at radius 2 is 1.95 bits per heavy atom. The zero-order chi connectivity index (χ0) is 14.7. The summed E-state index contributed by atoms with van der Waals surface area (Å²) >= 11 is 0. The number of nitrogens with zero attached hydrogens (tertiary/aromatic N) is 4. The highest BCUT2D eigenvalue weighted by atomic mass is 16.4. The summed E-state index contributed by atoms with van der Waals surface area (Å²) in [5, 5.41) is 9.02. The predicted octanol–water partition coefficient (Wildman–Crippen LogP) is 1.82. The highest BCUT2D eigenvalue weighted by Crippen LogP contribution is 2.12. The number of hydrogen-bond acceptors (Lipinski definition) is 5. The van der Waals surface area contributed by atoms with Crippen molar-refractivity contribution in [1.29, 1.82) is 0 Å². The van der Waals surface area contributed by atoms with E-state index in [1.165, 1.54) is 6.07 Å². The molecule has 0 atom stereocenters. The number of aromatic nitrogens is 3. The van der Waals surface area contributed by atoms with Crippen LogP contribution in [-0.4, -0.2) is 33.1 Å². The fourth-order valence-electron chi connectivity index (χ4n) is 1.83. The van der Waals surface area contributed by atoms with Crippen molar-refractivity contribution in [1.82, 2.24) is 15.0 Å². The van der Waals surface area contributed by atoms with Gasteiger partial charge in [-0.05, 0) is 32.0 Å². The lowest BCUT2D eigenvalue weighted by atomic mass is 10.3. The van der Waals surface area contributed by atoms with Crippen molar-refractivity contribution in [2.24, 2.45) is 0 Å². The van der Waals surface area contributed by atoms with Gasteiger partial charge in [0.2, 0.25) is 5.95 Å². The minimum atomic E-state index is -1.06. The molecule has 0 aliphatic carbocycles. The Labute approximate surface area is 117 Å². The van der Waals surface area contributed by atoms with Crippen LogP contribution in [0, 0.1) is 13.8 Å². The van der Waals surface area contributed by atoms with Crippen molar-refractivity contribution in [3.63, 3.8) is 0 Å². The maximum absolute atomic E-state index is 11.0. The molecule has 0 radical (unpaired) electrons. The molecule has 0 aliphatic rings. The first kappa shape index (κ1) is 13.9. The zero-order valence-electron chi connectivity index (χ0n) is 11.7. The van der Waals surface area contributed by atoms with Crippen molar-refractivity contribution < 1.29 is 9.90 Å². The molecule has 1 N–H and O–H groups in total. The first-order valence-corrected chi connectivity index (χ1v) is 6.18. The molecular formula is C14H16N4O2. The van der Waals surface area contributed by atoms with Gasteiger partial charge in [-0.2, -0.15) is 0 Å². The Morgan fingerprint density at radius 3 is 2.60 bits per heavy atom. The SMILES string of the molecule is Cc1cccc(CN(C)c2nc(C)cc(C(=O)O)n2)n1. The van der Waals surface area contributed by atoms with E-state index in [2.05, 4.69) is 15.0 Å². The third-order valence-corrected chi connectivity index (χ3v) is 2.75. The minimum Gasteiger partial charge on any atom is -0.477 e. The molecule has 6 nitrogen and oxygen atoms in total. The Kier molecular flexibility index (Phi) is 3.93. The number of anilines is 1. The summed E-state index contributed by atoms with van der Waals surface area (Å²) in [6.07, 6.45) is 0. The summed E-state index contributed by atoms with van der Waals surface area (Å²) in [6.45, 7) is 4.19. The average Bonchev–Trinajstić information content (AvgIpc) is 2.37. The maximum atomic E-state index is 11.0. The van der Waals surface area contributed by atoms with Crippen LogP contribution in [0.5, 0.6) is 0 Å². The second-order valence-electron chi connectivity index (χ2n) is 4.63. The second kappa shape index (κ2) is 5.64. The van der Waals surface area contributed by atoms with E-state index >= 15 is 0 Å². The smallest absolute Gasteiger partial charge is 0.354 e. The molecule has 2 rings (SSSR count). The molecule has 0 fully saturated rings. The van der Waals surface area contributed by atoms with Gasteiger partial charge >= 0.3 is 5.97 Å². The van der Waals surface area contributed by atoms with Gasteiger partial charge in [-0.1, -0.05) is 6.07 Å². The van der Waals surface area contributed by atoms with Gasteiger partial charge in [-0.25, -0.2) is 14.8 Å².